The summed E-state index contributed by atoms with van der Waals surface area (Å²) in [6.45, 7) is 0. The maximum absolute atomic E-state index is 13.0. The number of carboxylic acids is 1. The van der Waals surface area contributed by atoms with Crippen LogP contribution in [0.5, 0.6) is 0 Å². The second-order valence-corrected chi connectivity index (χ2v) is 7.91. The maximum Gasteiger partial charge on any atom is 0.307 e. The minimum Gasteiger partial charge on any atom is -0.481 e. The maximum atomic E-state index is 13.0. The summed E-state index contributed by atoms with van der Waals surface area (Å²) < 4.78 is 1.04. The molecular weight excluding hydrogens is 344 g/mol. The van der Waals surface area contributed by atoms with Crippen LogP contribution in [0.25, 0.3) is 0 Å². The fraction of sp³-hybridized carbons (Fsp3) is 0.556. The zero-order valence-corrected chi connectivity index (χ0v) is 13.9. The Morgan fingerprint density at radius 2 is 1.95 bits per heavy atom. The molecule has 1 aromatic carbocycles. The number of hydrogen-bond donors (Lipinski definition) is 1. The van der Waals surface area contributed by atoms with Gasteiger partial charge in [-0.25, -0.2) is 0 Å². The van der Waals surface area contributed by atoms with Gasteiger partial charge in [0.25, 0.3) is 0 Å². The molecule has 0 spiro atoms. The second-order valence-electron chi connectivity index (χ2n) is 7.05. The molecule has 0 aliphatic heterocycles. The third-order valence-electron chi connectivity index (χ3n) is 6.00. The summed E-state index contributed by atoms with van der Waals surface area (Å²) in [4.78, 5) is 24.1. The van der Waals surface area contributed by atoms with Crippen molar-refractivity contribution in [3.63, 3.8) is 0 Å². The Morgan fingerprint density at radius 3 is 2.64 bits per heavy atom. The summed E-state index contributed by atoms with van der Waals surface area (Å²) >= 11 is 3.57. The Labute approximate surface area is 138 Å². The monoisotopic (exact) mass is 362 g/mol. The number of carboxylic acid groups (broad SMARTS) is 1. The van der Waals surface area contributed by atoms with Crippen molar-refractivity contribution >= 4 is 27.7 Å². The van der Waals surface area contributed by atoms with Gasteiger partial charge in [0.1, 0.15) is 0 Å². The molecule has 3 nitrogen and oxygen atoms in total. The summed E-state index contributed by atoms with van der Waals surface area (Å²) in [5.74, 6) is 0.669. The van der Waals surface area contributed by atoms with Gasteiger partial charge in [0.05, 0.1) is 5.92 Å². The van der Waals surface area contributed by atoms with E-state index in [9.17, 15) is 9.59 Å². The molecule has 4 rings (SSSR count). The van der Waals surface area contributed by atoms with Gasteiger partial charge in [0.15, 0.2) is 5.78 Å². The molecule has 22 heavy (non-hydrogen) atoms. The number of carbonyl (C=O) groups is 2. The highest BCUT2D eigenvalue weighted by Gasteiger charge is 2.61. The van der Waals surface area contributed by atoms with Gasteiger partial charge in [-0.05, 0) is 61.5 Å². The van der Waals surface area contributed by atoms with E-state index >= 15 is 0 Å². The normalized spacial score (nSPS) is 36.4. The number of hydrogen-bond acceptors (Lipinski definition) is 2. The van der Waals surface area contributed by atoms with E-state index in [2.05, 4.69) is 15.9 Å². The highest BCUT2D eigenvalue weighted by molar-refractivity contribution is 9.10. The van der Waals surface area contributed by atoms with Crippen molar-refractivity contribution in [2.45, 2.75) is 32.1 Å². The van der Waals surface area contributed by atoms with Crippen LogP contribution in [-0.4, -0.2) is 16.9 Å². The Bertz CT molecular complexity index is 642. The molecule has 0 aromatic heterocycles. The summed E-state index contributed by atoms with van der Waals surface area (Å²) in [6, 6.07) is 5.90. The van der Waals surface area contributed by atoms with Crippen molar-refractivity contribution in [3.8, 4) is 0 Å². The van der Waals surface area contributed by atoms with Crippen molar-refractivity contribution in [1.29, 1.82) is 0 Å². The van der Waals surface area contributed by atoms with Gasteiger partial charge in [0.2, 0.25) is 0 Å². The van der Waals surface area contributed by atoms with Crippen LogP contribution in [-0.2, 0) is 11.2 Å². The first kappa shape index (κ1) is 14.4. The lowest BCUT2D eigenvalue weighted by Gasteiger charge is -2.23. The van der Waals surface area contributed by atoms with Crippen molar-refractivity contribution in [2.24, 2.45) is 29.6 Å². The van der Waals surface area contributed by atoms with E-state index in [4.69, 9.17) is 5.11 Å². The minimum atomic E-state index is -0.644. The number of benzene rings is 1. The van der Waals surface area contributed by atoms with Crippen LogP contribution in [0.3, 0.4) is 0 Å². The van der Waals surface area contributed by atoms with E-state index in [1.807, 2.05) is 18.2 Å². The van der Waals surface area contributed by atoms with Crippen LogP contribution in [0.4, 0.5) is 0 Å². The molecule has 4 heteroatoms. The number of rotatable bonds is 2. The van der Waals surface area contributed by atoms with Crippen LogP contribution in [0, 0.1) is 29.6 Å². The van der Waals surface area contributed by atoms with Gasteiger partial charge in [-0.2, -0.15) is 0 Å². The van der Waals surface area contributed by atoms with E-state index in [1.54, 1.807) is 0 Å². The summed E-state index contributed by atoms with van der Waals surface area (Å²) in [7, 11) is 0. The molecule has 0 saturated heterocycles. The SMILES string of the molecule is O=C1c2cccc(Br)c2CCCC1C1CC2C(C1)C2C(=O)O. The lowest BCUT2D eigenvalue weighted by atomic mass is 9.80. The predicted molar refractivity (Wildman–Crippen MR) is 85.7 cm³/mol. The van der Waals surface area contributed by atoms with Crippen molar-refractivity contribution in [1.82, 2.24) is 0 Å². The smallest absolute Gasteiger partial charge is 0.307 e. The molecule has 0 amide bonds. The average molecular weight is 363 g/mol. The van der Waals surface area contributed by atoms with Crippen LogP contribution in [0.1, 0.15) is 41.6 Å². The third kappa shape index (κ3) is 2.15. The topological polar surface area (TPSA) is 54.4 Å². The van der Waals surface area contributed by atoms with Crippen molar-refractivity contribution in [3.05, 3.63) is 33.8 Å². The molecule has 1 N–H and O–H groups in total. The summed E-state index contributed by atoms with van der Waals surface area (Å²) in [6.07, 6.45) is 4.81. The first-order valence-corrected chi connectivity index (χ1v) is 8.91. The number of Topliss-reactive ketones (excluding diaryl/α,β-unsaturated/α-hetero) is 1. The van der Waals surface area contributed by atoms with E-state index < -0.39 is 5.97 Å². The molecule has 116 valence electrons. The van der Waals surface area contributed by atoms with Crippen LogP contribution in [0.15, 0.2) is 22.7 Å². The zero-order valence-electron chi connectivity index (χ0n) is 12.3. The highest BCUT2D eigenvalue weighted by Crippen LogP contribution is 2.61. The van der Waals surface area contributed by atoms with Crippen molar-refractivity contribution in [2.75, 3.05) is 0 Å². The molecule has 1 aromatic rings. The molecule has 2 saturated carbocycles. The predicted octanol–water partition coefficient (Wildman–Crippen LogP) is 3.94. The highest BCUT2D eigenvalue weighted by atomic mass is 79.9. The molecular formula is C18H19BrO3. The van der Waals surface area contributed by atoms with E-state index in [0.717, 1.165) is 47.7 Å². The number of carbonyl (C=O) groups excluding carboxylic acids is 1. The zero-order chi connectivity index (χ0) is 15.4. The summed E-state index contributed by atoms with van der Waals surface area (Å²) in [5, 5.41) is 9.14. The number of fused-ring (bicyclic) bond motifs is 2. The van der Waals surface area contributed by atoms with Crippen LogP contribution < -0.4 is 0 Å². The first-order chi connectivity index (χ1) is 10.6. The molecule has 3 unspecified atom stereocenters. The van der Waals surface area contributed by atoms with E-state index in [0.29, 0.717) is 17.8 Å². The standard InChI is InChI=1S/C18H19BrO3/c19-15-6-2-5-12-11(15)4-1-3-10(17(12)20)9-7-13-14(8-9)16(13)18(21)22/h2,5-6,9-10,13-14,16H,1,3-4,7-8H2,(H,21,22). The summed E-state index contributed by atoms with van der Waals surface area (Å²) in [5.41, 5.74) is 2.04. The molecule has 0 bridgehead atoms. The Hall–Kier alpha value is -1.16. The molecule has 3 aliphatic carbocycles. The largest absolute Gasteiger partial charge is 0.481 e. The van der Waals surface area contributed by atoms with Gasteiger partial charge in [-0.1, -0.05) is 28.1 Å². The quantitative estimate of drug-likeness (QED) is 0.810. The molecule has 2 fully saturated rings. The second kappa shape index (κ2) is 5.19. The lowest BCUT2D eigenvalue weighted by molar-refractivity contribution is -0.139. The van der Waals surface area contributed by atoms with Gasteiger partial charge in [-0.15, -0.1) is 0 Å². The fourth-order valence-electron chi connectivity index (χ4n) is 4.90. The van der Waals surface area contributed by atoms with E-state index in [1.165, 1.54) is 0 Å². The van der Waals surface area contributed by atoms with Gasteiger partial charge >= 0.3 is 5.97 Å². The van der Waals surface area contributed by atoms with Gasteiger partial charge in [-0.3, -0.25) is 9.59 Å². The molecule has 3 atom stereocenters. The fourth-order valence-corrected chi connectivity index (χ4v) is 5.47. The number of aliphatic carboxylic acids is 1. The Morgan fingerprint density at radius 1 is 1.23 bits per heavy atom. The first-order valence-electron chi connectivity index (χ1n) is 8.12. The average Bonchev–Trinajstić information content (AvgIpc) is 3.06. The van der Waals surface area contributed by atoms with Crippen LogP contribution >= 0.6 is 15.9 Å². The van der Waals surface area contributed by atoms with Gasteiger partial charge in [0, 0.05) is 16.0 Å². The van der Waals surface area contributed by atoms with Gasteiger partial charge < -0.3 is 5.11 Å². The van der Waals surface area contributed by atoms with Crippen LogP contribution in [0.2, 0.25) is 0 Å². The van der Waals surface area contributed by atoms with Crippen molar-refractivity contribution < 1.29 is 14.7 Å². The number of halogens is 1. The Kier molecular flexibility index (Phi) is 3.40. The molecule has 0 radical (unpaired) electrons. The number of ketones is 1. The lowest BCUT2D eigenvalue weighted by Crippen LogP contribution is -2.24. The molecule has 0 heterocycles. The minimum absolute atomic E-state index is 0.0952. The third-order valence-corrected chi connectivity index (χ3v) is 6.74. The Balaban J connectivity index is 1.55. The molecule has 3 aliphatic rings. The van der Waals surface area contributed by atoms with E-state index in [-0.39, 0.29) is 17.6 Å².